The van der Waals surface area contributed by atoms with Gasteiger partial charge < -0.3 is 10.6 Å². The average molecular weight is 265 g/mol. The summed E-state index contributed by atoms with van der Waals surface area (Å²) in [6.45, 7) is 0.267. The van der Waals surface area contributed by atoms with Gasteiger partial charge >= 0.3 is 6.18 Å². The van der Waals surface area contributed by atoms with Crippen LogP contribution in [0.1, 0.15) is 19.3 Å². The van der Waals surface area contributed by atoms with Crippen molar-refractivity contribution >= 4 is 6.34 Å². The summed E-state index contributed by atoms with van der Waals surface area (Å²) in [5.41, 5.74) is 3.46. The molecule has 3 nitrogen and oxygen atoms in total. The molecule has 1 aliphatic heterocycles. The molecular weight excluding hydrogens is 250 g/mol. The number of halogens is 4. The van der Waals surface area contributed by atoms with Crippen molar-refractivity contribution in [3.63, 3.8) is 0 Å². The van der Waals surface area contributed by atoms with Gasteiger partial charge in [-0.05, 0) is 18.9 Å². The van der Waals surface area contributed by atoms with Crippen molar-refractivity contribution in [2.75, 3.05) is 13.1 Å². The van der Waals surface area contributed by atoms with E-state index in [2.05, 4.69) is 4.99 Å². The molecule has 0 saturated heterocycles. The third-order valence-corrected chi connectivity index (χ3v) is 3.27. The van der Waals surface area contributed by atoms with Crippen LogP contribution in [0.2, 0.25) is 0 Å². The first-order chi connectivity index (χ1) is 8.34. The van der Waals surface area contributed by atoms with Crippen molar-refractivity contribution in [1.29, 1.82) is 0 Å². The van der Waals surface area contributed by atoms with Crippen LogP contribution in [0, 0.1) is 0 Å². The number of nitrogens with two attached hydrogens (primary N) is 1. The first-order valence-electron chi connectivity index (χ1n) is 5.80. The second kappa shape index (κ2) is 4.53. The van der Waals surface area contributed by atoms with Crippen molar-refractivity contribution in [3.05, 3.63) is 11.8 Å². The molecule has 0 aromatic rings. The molecule has 0 amide bonds. The molecule has 0 aromatic carbocycles. The summed E-state index contributed by atoms with van der Waals surface area (Å²) < 4.78 is 50.7. The minimum atomic E-state index is -4.43. The fourth-order valence-corrected chi connectivity index (χ4v) is 1.96. The lowest BCUT2D eigenvalue weighted by Crippen LogP contribution is -2.43. The Morgan fingerprint density at radius 2 is 2.11 bits per heavy atom. The second-order valence-electron chi connectivity index (χ2n) is 4.77. The van der Waals surface area contributed by atoms with E-state index in [9.17, 15) is 17.6 Å². The van der Waals surface area contributed by atoms with Gasteiger partial charge in [0.05, 0.1) is 6.34 Å². The van der Waals surface area contributed by atoms with E-state index in [1.165, 1.54) is 0 Å². The molecule has 1 aliphatic carbocycles. The summed E-state index contributed by atoms with van der Waals surface area (Å²) in [6.07, 6.45) is -1.04. The molecule has 0 radical (unpaired) electrons. The minimum absolute atomic E-state index is 0.0658. The van der Waals surface area contributed by atoms with Crippen molar-refractivity contribution in [3.8, 4) is 0 Å². The van der Waals surface area contributed by atoms with Crippen LogP contribution in [-0.4, -0.2) is 42.2 Å². The van der Waals surface area contributed by atoms with Gasteiger partial charge in [-0.15, -0.1) is 0 Å². The fraction of sp³-hybridized carbons (Fsp3) is 0.727. The number of rotatable bonds is 4. The maximum absolute atomic E-state index is 13.6. The quantitative estimate of drug-likeness (QED) is 0.790. The lowest BCUT2D eigenvalue weighted by atomic mass is 10.1. The number of nitrogens with zero attached hydrogens (tertiary/aromatic N) is 2. The minimum Gasteiger partial charge on any atom is -0.354 e. The van der Waals surface area contributed by atoms with E-state index in [0.29, 0.717) is 12.8 Å². The highest BCUT2D eigenvalue weighted by atomic mass is 19.4. The standard InChI is InChI=1S/C11H15F4N3/c12-10(2-3-10)5-8(6-16)18-4-1-9(17-7-18)11(13,14)15/h1,7-8H,2-6,16H2. The number of allylic oxidation sites excluding steroid dienone is 1. The molecule has 1 unspecified atom stereocenters. The van der Waals surface area contributed by atoms with Crippen LogP contribution >= 0.6 is 0 Å². The van der Waals surface area contributed by atoms with Crippen LogP contribution in [0.15, 0.2) is 16.8 Å². The van der Waals surface area contributed by atoms with Crippen LogP contribution in [0.4, 0.5) is 17.6 Å². The zero-order valence-electron chi connectivity index (χ0n) is 9.75. The summed E-state index contributed by atoms with van der Waals surface area (Å²) in [5, 5.41) is 0. The van der Waals surface area contributed by atoms with E-state index < -0.39 is 17.5 Å². The van der Waals surface area contributed by atoms with E-state index in [4.69, 9.17) is 5.73 Å². The molecule has 7 heteroatoms. The first kappa shape index (κ1) is 13.3. The Morgan fingerprint density at radius 3 is 2.50 bits per heavy atom. The lowest BCUT2D eigenvalue weighted by molar-refractivity contribution is -0.0930. The Labute approximate surface area is 102 Å². The molecule has 1 atom stereocenters. The van der Waals surface area contributed by atoms with E-state index >= 15 is 0 Å². The number of hydrogen-bond acceptors (Lipinski definition) is 3. The maximum Gasteiger partial charge on any atom is 0.433 e. The molecule has 102 valence electrons. The van der Waals surface area contributed by atoms with Gasteiger partial charge in [0.2, 0.25) is 0 Å². The van der Waals surface area contributed by atoms with Crippen LogP contribution < -0.4 is 5.73 Å². The predicted octanol–water partition coefficient (Wildman–Crippen LogP) is 2.00. The Kier molecular flexibility index (Phi) is 3.35. The van der Waals surface area contributed by atoms with Gasteiger partial charge in [-0.25, -0.2) is 9.38 Å². The monoisotopic (exact) mass is 265 g/mol. The lowest BCUT2D eigenvalue weighted by Gasteiger charge is -2.31. The Bertz CT molecular complexity index is 371. The molecule has 1 heterocycles. The van der Waals surface area contributed by atoms with Gasteiger partial charge in [0.1, 0.15) is 11.4 Å². The van der Waals surface area contributed by atoms with Gasteiger partial charge in [0.25, 0.3) is 0 Å². The third-order valence-electron chi connectivity index (χ3n) is 3.27. The number of aliphatic imine (C=N–C) groups is 1. The Balaban J connectivity index is 1.96. The third kappa shape index (κ3) is 3.01. The molecule has 18 heavy (non-hydrogen) atoms. The summed E-state index contributed by atoms with van der Waals surface area (Å²) in [6, 6.07) is -0.299. The number of hydrogen-bond donors (Lipinski definition) is 1. The maximum atomic E-state index is 13.6. The van der Waals surface area contributed by atoms with E-state index in [1.54, 1.807) is 4.90 Å². The molecule has 2 aliphatic rings. The largest absolute Gasteiger partial charge is 0.433 e. The highest BCUT2D eigenvalue weighted by Crippen LogP contribution is 2.44. The molecule has 0 aromatic heterocycles. The summed E-state index contributed by atoms with van der Waals surface area (Å²) in [4.78, 5) is 4.92. The second-order valence-corrected chi connectivity index (χ2v) is 4.77. The van der Waals surface area contributed by atoms with Gasteiger partial charge in [-0.1, -0.05) is 0 Å². The van der Waals surface area contributed by atoms with Crippen LogP contribution in [0.25, 0.3) is 0 Å². The SMILES string of the molecule is NCC(CC1(F)CC1)N1C=NC(C(F)(F)F)=CC1. The normalized spacial score (nSPS) is 23.8. The van der Waals surface area contributed by atoms with Crippen LogP contribution in [-0.2, 0) is 0 Å². The zero-order chi connectivity index (χ0) is 13.4. The van der Waals surface area contributed by atoms with Crippen LogP contribution in [0.3, 0.4) is 0 Å². The Morgan fingerprint density at radius 1 is 1.44 bits per heavy atom. The molecule has 2 N–H and O–H groups in total. The van der Waals surface area contributed by atoms with Gasteiger partial charge in [0.15, 0.2) is 0 Å². The van der Waals surface area contributed by atoms with Crippen molar-refractivity contribution in [1.82, 2.24) is 4.90 Å². The fourth-order valence-electron chi connectivity index (χ4n) is 1.96. The topological polar surface area (TPSA) is 41.6 Å². The Hall–Kier alpha value is -1.11. The summed E-state index contributed by atoms with van der Waals surface area (Å²) >= 11 is 0. The van der Waals surface area contributed by atoms with Gasteiger partial charge in [-0.2, -0.15) is 13.2 Å². The molecule has 1 fully saturated rings. The highest BCUT2D eigenvalue weighted by Gasteiger charge is 2.45. The van der Waals surface area contributed by atoms with Crippen LogP contribution in [0.5, 0.6) is 0 Å². The van der Waals surface area contributed by atoms with Gasteiger partial charge in [-0.3, -0.25) is 0 Å². The van der Waals surface area contributed by atoms with Crippen molar-refractivity contribution in [2.24, 2.45) is 10.7 Å². The van der Waals surface area contributed by atoms with Crippen molar-refractivity contribution in [2.45, 2.75) is 37.1 Å². The number of alkyl halides is 4. The van der Waals surface area contributed by atoms with Gasteiger partial charge in [0, 0.05) is 25.6 Å². The highest BCUT2D eigenvalue weighted by molar-refractivity contribution is 5.60. The summed E-state index contributed by atoms with van der Waals surface area (Å²) in [7, 11) is 0. The van der Waals surface area contributed by atoms with E-state index in [0.717, 1.165) is 12.4 Å². The smallest absolute Gasteiger partial charge is 0.354 e. The molecule has 2 rings (SSSR count). The predicted molar refractivity (Wildman–Crippen MR) is 59.9 cm³/mol. The average Bonchev–Trinajstić information content (AvgIpc) is 3.04. The molecule has 0 spiro atoms. The van der Waals surface area contributed by atoms with E-state index in [1.807, 2.05) is 0 Å². The molecule has 0 bridgehead atoms. The summed E-state index contributed by atoms with van der Waals surface area (Å²) in [5.74, 6) is 0. The first-order valence-corrected chi connectivity index (χ1v) is 5.80. The van der Waals surface area contributed by atoms with E-state index in [-0.39, 0.29) is 25.6 Å². The molecule has 1 saturated carbocycles. The zero-order valence-corrected chi connectivity index (χ0v) is 9.75. The van der Waals surface area contributed by atoms with Crippen molar-refractivity contribution < 1.29 is 17.6 Å². The molecular formula is C11H15F4N3.